The molecule has 0 aromatic heterocycles. The van der Waals surface area contributed by atoms with Gasteiger partial charge in [-0.3, -0.25) is 0 Å². The Balaban J connectivity index is -0.000000271. The van der Waals surface area contributed by atoms with Crippen LogP contribution in [0.5, 0.6) is 0 Å². The Morgan fingerprint density at radius 3 is 0.630 bits per heavy atom. The van der Waals surface area contributed by atoms with Gasteiger partial charge in [0.15, 0.2) is 0 Å². The summed E-state index contributed by atoms with van der Waals surface area (Å²) in [5.41, 5.74) is 0. The van der Waals surface area contributed by atoms with Crippen LogP contribution in [-0.2, 0) is 0 Å². The van der Waals surface area contributed by atoms with Gasteiger partial charge in [-0.15, -0.1) is 0 Å². The first-order chi connectivity index (χ1) is 13.0. The second-order valence-electron chi connectivity index (χ2n) is 4.67. The van der Waals surface area contributed by atoms with Gasteiger partial charge in [-0.05, 0) is 0 Å². The molecular formula is C21H36N4O2. The summed E-state index contributed by atoms with van der Waals surface area (Å²) < 4.78 is 0. The van der Waals surface area contributed by atoms with Gasteiger partial charge in [-0.2, -0.15) is 0 Å². The van der Waals surface area contributed by atoms with E-state index in [0.29, 0.717) is 0 Å². The van der Waals surface area contributed by atoms with E-state index in [0.717, 1.165) is 0 Å². The van der Waals surface area contributed by atoms with Crippen LogP contribution in [0.25, 0.3) is 0 Å². The second kappa shape index (κ2) is 27.8. The average Bonchev–Trinajstić information content (AvgIpc) is 2.76. The molecule has 2 aromatic carbocycles. The molecule has 0 radical (unpaired) electrons. The smallest absolute Gasteiger partial charge is 0.314 e. The molecule has 0 saturated heterocycles. The molecule has 0 heterocycles. The Bertz CT molecular complexity index is 395. The molecule has 27 heavy (non-hydrogen) atoms. The van der Waals surface area contributed by atoms with Crippen LogP contribution >= 0.6 is 0 Å². The third-order valence-corrected chi connectivity index (χ3v) is 2.24. The summed E-state index contributed by atoms with van der Waals surface area (Å²) in [5.74, 6) is 0. The van der Waals surface area contributed by atoms with Gasteiger partial charge in [0.1, 0.15) is 0 Å². The summed E-state index contributed by atoms with van der Waals surface area (Å²) in [7, 11) is 6.27. The van der Waals surface area contributed by atoms with E-state index in [1.54, 1.807) is 28.2 Å². The van der Waals surface area contributed by atoms with Crippen molar-refractivity contribution in [1.29, 1.82) is 0 Å². The zero-order chi connectivity index (χ0) is 21.2. The normalized spacial score (nSPS) is 7.33. The maximum absolute atomic E-state index is 9.96. The molecule has 0 atom stereocenters. The molecule has 0 aliphatic rings. The Labute approximate surface area is 164 Å². The lowest BCUT2D eigenvalue weighted by atomic mass is 10.4. The van der Waals surface area contributed by atoms with E-state index in [1.807, 2.05) is 72.8 Å². The van der Waals surface area contributed by atoms with Crippen LogP contribution in [0.2, 0.25) is 0 Å². The third-order valence-electron chi connectivity index (χ3n) is 2.24. The minimum absolute atomic E-state index is 0.157. The van der Waals surface area contributed by atoms with E-state index in [4.69, 9.17) is 0 Å². The summed E-state index contributed by atoms with van der Waals surface area (Å²) >= 11 is 0. The fraction of sp³-hybridized carbons (Fsp3) is 0.333. The van der Waals surface area contributed by atoms with Crippen molar-refractivity contribution in [3.63, 3.8) is 0 Å². The highest BCUT2D eigenvalue weighted by Gasteiger charge is 1.82. The van der Waals surface area contributed by atoms with Gasteiger partial charge in [0.2, 0.25) is 0 Å². The van der Waals surface area contributed by atoms with Gasteiger partial charge in [-0.1, -0.05) is 93.1 Å². The molecule has 0 fully saturated rings. The second-order valence-corrected chi connectivity index (χ2v) is 4.67. The maximum Gasteiger partial charge on any atom is 0.314 e. The van der Waals surface area contributed by atoms with E-state index >= 15 is 0 Å². The van der Waals surface area contributed by atoms with Gasteiger partial charge in [-0.25, -0.2) is 9.59 Å². The van der Waals surface area contributed by atoms with E-state index < -0.39 is 0 Å². The lowest BCUT2D eigenvalue weighted by Gasteiger charge is -1.91. The third kappa shape index (κ3) is 35.1. The number of amides is 4. The number of rotatable bonds is 0. The molecule has 4 amide bonds. The van der Waals surface area contributed by atoms with Crippen LogP contribution < -0.4 is 21.3 Å². The Kier molecular flexibility index (Phi) is 29.6. The van der Waals surface area contributed by atoms with Crippen LogP contribution in [0.1, 0.15) is 20.3 Å². The highest BCUT2D eigenvalue weighted by Crippen LogP contribution is 1.80. The quantitative estimate of drug-likeness (QED) is 0.563. The van der Waals surface area contributed by atoms with E-state index in [2.05, 4.69) is 35.1 Å². The summed E-state index contributed by atoms with van der Waals surface area (Å²) in [5, 5.41) is 9.46. The minimum Gasteiger partial charge on any atom is -0.341 e. The van der Waals surface area contributed by atoms with E-state index in [1.165, 1.54) is 6.42 Å². The molecule has 4 N–H and O–H groups in total. The molecule has 2 rings (SSSR count). The van der Waals surface area contributed by atoms with Crippen LogP contribution in [0, 0.1) is 0 Å². The molecular weight excluding hydrogens is 340 g/mol. The Hall–Kier alpha value is -3.02. The standard InChI is InChI=1S/2C6H6.2C3H8N2O.C3H8/c2*1-2-4-6-5-3-1;2*1-4-3(6)5-2;1-3-2/h2*1-6H;2*1-2H3,(H2,4,5,6);3H2,1-2H3. The molecule has 0 unspecified atom stereocenters. The highest BCUT2D eigenvalue weighted by atomic mass is 16.2. The summed E-state index contributed by atoms with van der Waals surface area (Å²) in [6.07, 6.45) is 1.25. The van der Waals surface area contributed by atoms with Crippen molar-refractivity contribution in [3.05, 3.63) is 72.8 Å². The predicted octanol–water partition coefficient (Wildman–Crippen LogP) is 3.88. The van der Waals surface area contributed by atoms with Crippen molar-refractivity contribution in [1.82, 2.24) is 21.3 Å². The minimum atomic E-state index is -0.157. The van der Waals surface area contributed by atoms with Crippen molar-refractivity contribution >= 4 is 12.1 Å². The van der Waals surface area contributed by atoms with Gasteiger partial charge < -0.3 is 21.3 Å². The number of carbonyl (C=O) groups is 2. The molecule has 0 aliphatic carbocycles. The zero-order valence-corrected chi connectivity index (χ0v) is 17.5. The number of urea groups is 2. The molecule has 6 heteroatoms. The zero-order valence-electron chi connectivity index (χ0n) is 17.5. The number of nitrogens with one attached hydrogen (secondary N) is 4. The number of hydrogen-bond donors (Lipinski definition) is 4. The first-order valence-corrected chi connectivity index (χ1v) is 8.82. The summed E-state index contributed by atoms with van der Waals surface area (Å²) in [6, 6.07) is 23.7. The molecule has 0 spiro atoms. The average molecular weight is 377 g/mol. The van der Waals surface area contributed by atoms with Gasteiger partial charge in [0.05, 0.1) is 0 Å². The predicted molar refractivity (Wildman–Crippen MR) is 116 cm³/mol. The van der Waals surface area contributed by atoms with Crippen LogP contribution in [0.15, 0.2) is 72.8 Å². The first-order valence-electron chi connectivity index (χ1n) is 8.82. The van der Waals surface area contributed by atoms with Crippen molar-refractivity contribution in [2.45, 2.75) is 20.3 Å². The van der Waals surface area contributed by atoms with Crippen molar-refractivity contribution in [3.8, 4) is 0 Å². The molecule has 0 bridgehead atoms. The SMILES string of the molecule is CCC.CNC(=O)NC.CNC(=O)NC.c1ccccc1.c1ccccc1. The fourth-order valence-electron chi connectivity index (χ4n) is 1.02. The maximum atomic E-state index is 9.96. The van der Waals surface area contributed by atoms with Crippen molar-refractivity contribution in [2.75, 3.05) is 28.2 Å². The van der Waals surface area contributed by atoms with Gasteiger partial charge in [0.25, 0.3) is 0 Å². The molecule has 2 aromatic rings. The molecule has 0 saturated carbocycles. The van der Waals surface area contributed by atoms with Crippen molar-refractivity contribution in [2.24, 2.45) is 0 Å². The topological polar surface area (TPSA) is 82.3 Å². The monoisotopic (exact) mass is 376 g/mol. The summed E-state index contributed by atoms with van der Waals surface area (Å²) in [6.45, 7) is 4.25. The molecule has 152 valence electrons. The van der Waals surface area contributed by atoms with Crippen LogP contribution in [0.3, 0.4) is 0 Å². The lowest BCUT2D eigenvalue weighted by molar-refractivity contribution is 0.244. The van der Waals surface area contributed by atoms with Gasteiger partial charge >= 0.3 is 12.1 Å². The van der Waals surface area contributed by atoms with Gasteiger partial charge in [0, 0.05) is 28.2 Å². The molecule has 6 nitrogen and oxygen atoms in total. The van der Waals surface area contributed by atoms with E-state index in [9.17, 15) is 9.59 Å². The first kappa shape index (κ1) is 28.8. The molecule has 0 aliphatic heterocycles. The largest absolute Gasteiger partial charge is 0.341 e. The van der Waals surface area contributed by atoms with E-state index in [-0.39, 0.29) is 12.1 Å². The number of carbonyl (C=O) groups excluding carboxylic acids is 2. The van der Waals surface area contributed by atoms with Crippen molar-refractivity contribution < 1.29 is 9.59 Å². The Morgan fingerprint density at radius 1 is 0.481 bits per heavy atom. The number of hydrogen-bond acceptors (Lipinski definition) is 2. The highest BCUT2D eigenvalue weighted by molar-refractivity contribution is 5.73. The lowest BCUT2D eigenvalue weighted by Crippen LogP contribution is -2.28. The van der Waals surface area contributed by atoms with Crippen LogP contribution in [-0.4, -0.2) is 40.3 Å². The number of benzene rings is 2. The summed E-state index contributed by atoms with van der Waals surface area (Å²) in [4.78, 5) is 19.9. The fourth-order valence-corrected chi connectivity index (χ4v) is 1.02. The van der Waals surface area contributed by atoms with Crippen LogP contribution in [0.4, 0.5) is 9.59 Å². The Morgan fingerprint density at radius 2 is 0.593 bits per heavy atom.